The van der Waals surface area contributed by atoms with Gasteiger partial charge in [-0.2, -0.15) is 4.40 Å². The Balaban J connectivity index is 1.84. The van der Waals surface area contributed by atoms with E-state index >= 15 is 0 Å². The molecule has 0 aliphatic carbocycles. The lowest BCUT2D eigenvalue weighted by Crippen LogP contribution is -2.37. The number of amides is 2. The molecule has 0 saturated carbocycles. The van der Waals surface area contributed by atoms with E-state index in [1.54, 1.807) is 17.9 Å². The van der Waals surface area contributed by atoms with Crippen LogP contribution in [-0.4, -0.2) is 70.5 Å². The molecule has 2 aliphatic rings. The molecule has 0 bridgehead atoms. The fraction of sp³-hybridized carbons (Fsp3) is 0.481. The number of likely N-dealkylation sites (tertiary alicyclic amines) is 1. The summed E-state index contributed by atoms with van der Waals surface area (Å²) in [5.41, 5.74) is 0.716. The molecule has 11 heteroatoms. The number of cyclic esters (lactones) is 1. The first kappa shape index (κ1) is 29.2. The molecule has 0 radical (unpaired) electrons. The Morgan fingerprint density at radius 3 is 2.68 bits per heavy atom. The summed E-state index contributed by atoms with van der Waals surface area (Å²) >= 11 is 0.757. The van der Waals surface area contributed by atoms with E-state index in [1.165, 1.54) is 13.0 Å². The quantitative estimate of drug-likeness (QED) is 0.168. The van der Waals surface area contributed by atoms with Crippen LogP contribution in [0.1, 0.15) is 61.9 Å². The molecule has 1 aromatic carbocycles. The number of piperidine rings is 1. The van der Waals surface area contributed by atoms with Gasteiger partial charge in [-0.05, 0) is 50.3 Å². The van der Waals surface area contributed by atoms with Gasteiger partial charge >= 0.3 is 5.97 Å². The summed E-state index contributed by atoms with van der Waals surface area (Å²) in [6, 6.07) is 2.19. The Labute approximate surface area is 227 Å². The summed E-state index contributed by atoms with van der Waals surface area (Å²) in [6.45, 7) is 4.50. The number of benzene rings is 1. The van der Waals surface area contributed by atoms with Gasteiger partial charge in [-0.15, -0.1) is 0 Å². The van der Waals surface area contributed by atoms with Crippen LogP contribution < -0.4 is 5.32 Å². The lowest BCUT2D eigenvalue weighted by Gasteiger charge is -2.26. The third-order valence-corrected chi connectivity index (χ3v) is 6.62. The van der Waals surface area contributed by atoms with Crippen LogP contribution in [0.4, 0.5) is 0 Å². The van der Waals surface area contributed by atoms with Gasteiger partial charge in [0.05, 0.1) is 11.8 Å². The van der Waals surface area contributed by atoms with Gasteiger partial charge in [0, 0.05) is 38.9 Å². The van der Waals surface area contributed by atoms with Crippen molar-refractivity contribution in [1.82, 2.24) is 10.2 Å². The van der Waals surface area contributed by atoms with Crippen molar-refractivity contribution in [1.29, 1.82) is 0 Å². The molecule has 2 atom stereocenters. The largest absolute Gasteiger partial charge is 0.508 e. The van der Waals surface area contributed by atoms with Crippen LogP contribution in [-0.2, 0) is 24.9 Å². The predicted molar refractivity (Wildman–Crippen MR) is 145 cm³/mol. The van der Waals surface area contributed by atoms with E-state index in [1.807, 2.05) is 18.2 Å². The molecule has 1 fully saturated rings. The topological polar surface area (TPSA) is 138 Å². The number of aromatic hydroxyl groups is 2. The SMILES string of the molecule is CC(=O)N[C@H]1/C=C/C[C@@H](C)OC(=O)c2c(O)cc(O)cc2CC(=NSOCC(=O)N2CCCCC2)/C=C/C1. The number of nitrogens with one attached hydrogen (secondary N) is 1. The second kappa shape index (κ2) is 14.6. The minimum absolute atomic E-state index is 0.0564. The number of nitrogens with zero attached hydrogens (tertiary/aromatic N) is 2. The fourth-order valence-electron chi connectivity index (χ4n) is 4.27. The van der Waals surface area contributed by atoms with E-state index in [2.05, 4.69) is 9.71 Å². The summed E-state index contributed by atoms with van der Waals surface area (Å²) in [7, 11) is 0. The summed E-state index contributed by atoms with van der Waals surface area (Å²) in [5, 5.41) is 23.4. The minimum atomic E-state index is -0.728. The van der Waals surface area contributed by atoms with Crippen molar-refractivity contribution in [2.24, 2.45) is 4.40 Å². The maximum atomic E-state index is 12.9. The number of allylic oxidation sites excluding steroid dienone is 1. The molecule has 38 heavy (non-hydrogen) atoms. The van der Waals surface area contributed by atoms with Crippen LogP contribution in [0.15, 0.2) is 40.8 Å². The van der Waals surface area contributed by atoms with Gasteiger partial charge in [-0.3, -0.25) is 13.8 Å². The third-order valence-electron chi connectivity index (χ3n) is 6.09. The maximum absolute atomic E-state index is 12.9. The highest BCUT2D eigenvalue weighted by Crippen LogP contribution is 2.30. The smallest absolute Gasteiger partial charge is 0.342 e. The number of carbonyl (C=O) groups excluding carboxylic acids is 3. The van der Waals surface area contributed by atoms with Crippen molar-refractivity contribution < 1.29 is 33.5 Å². The summed E-state index contributed by atoms with van der Waals surface area (Å²) in [5.74, 6) is -1.61. The van der Waals surface area contributed by atoms with Crippen molar-refractivity contribution in [3.05, 3.63) is 47.6 Å². The molecular formula is C27H35N3O7S. The lowest BCUT2D eigenvalue weighted by molar-refractivity contribution is -0.133. The Hall–Kier alpha value is -3.31. The molecule has 0 spiro atoms. The van der Waals surface area contributed by atoms with E-state index in [4.69, 9.17) is 8.92 Å². The number of fused-ring (bicyclic) bond motifs is 1. The van der Waals surface area contributed by atoms with E-state index in [9.17, 15) is 24.6 Å². The first-order chi connectivity index (χ1) is 18.2. The summed E-state index contributed by atoms with van der Waals surface area (Å²) in [6.07, 6.45) is 10.8. The van der Waals surface area contributed by atoms with Gasteiger partial charge < -0.3 is 25.2 Å². The first-order valence-electron chi connectivity index (χ1n) is 12.7. The first-order valence-corrected chi connectivity index (χ1v) is 13.4. The second-order valence-electron chi connectivity index (χ2n) is 9.36. The molecule has 10 nitrogen and oxygen atoms in total. The number of rotatable bonds is 5. The van der Waals surface area contributed by atoms with Crippen LogP contribution >= 0.6 is 12.2 Å². The van der Waals surface area contributed by atoms with Crippen LogP contribution in [0.3, 0.4) is 0 Å². The molecule has 2 amide bonds. The van der Waals surface area contributed by atoms with Gasteiger partial charge in [-0.25, -0.2) is 4.79 Å². The Morgan fingerprint density at radius 2 is 1.95 bits per heavy atom. The molecule has 0 unspecified atom stereocenters. The molecule has 1 aromatic rings. The zero-order valence-electron chi connectivity index (χ0n) is 21.7. The number of phenols is 2. The van der Waals surface area contributed by atoms with Crippen LogP contribution in [0.25, 0.3) is 0 Å². The van der Waals surface area contributed by atoms with E-state index in [0.29, 0.717) is 24.1 Å². The lowest BCUT2D eigenvalue weighted by atomic mass is 9.99. The van der Waals surface area contributed by atoms with Crippen molar-refractivity contribution in [3.63, 3.8) is 0 Å². The van der Waals surface area contributed by atoms with Gasteiger partial charge in [-0.1, -0.05) is 18.2 Å². The van der Waals surface area contributed by atoms with E-state index in [-0.39, 0.29) is 42.2 Å². The monoisotopic (exact) mass is 545 g/mol. The number of hydrogen-bond donors (Lipinski definition) is 3. The molecule has 2 aliphatic heterocycles. The van der Waals surface area contributed by atoms with Crippen LogP contribution in [0, 0.1) is 0 Å². The zero-order chi connectivity index (χ0) is 27.5. The normalized spacial score (nSPS) is 23.6. The van der Waals surface area contributed by atoms with Crippen LogP contribution in [0.5, 0.6) is 11.5 Å². The maximum Gasteiger partial charge on any atom is 0.342 e. The van der Waals surface area contributed by atoms with Crippen LogP contribution in [0.2, 0.25) is 0 Å². The number of hydrogen-bond acceptors (Lipinski definition) is 9. The van der Waals surface area contributed by atoms with Gasteiger partial charge in [0.15, 0.2) is 0 Å². The number of ether oxygens (including phenoxy) is 1. The Kier molecular flexibility index (Phi) is 11.2. The Bertz CT molecular complexity index is 1100. The highest BCUT2D eigenvalue weighted by atomic mass is 32.2. The van der Waals surface area contributed by atoms with Gasteiger partial charge in [0.25, 0.3) is 0 Å². The molecule has 3 rings (SSSR count). The summed E-state index contributed by atoms with van der Waals surface area (Å²) < 4.78 is 15.4. The van der Waals surface area contributed by atoms with E-state index in [0.717, 1.165) is 50.6 Å². The third kappa shape index (κ3) is 9.21. The number of phenolic OH excluding ortho intramolecular Hbond substituents is 2. The molecule has 206 valence electrons. The molecule has 0 aromatic heterocycles. The molecular weight excluding hydrogens is 510 g/mol. The highest BCUT2D eigenvalue weighted by Gasteiger charge is 2.22. The van der Waals surface area contributed by atoms with Crippen molar-refractivity contribution >= 4 is 35.7 Å². The number of carbonyl (C=O) groups is 3. The molecule has 1 saturated heterocycles. The van der Waals surface area contributed by atoms with Crippen molar-refractivity contribution in [2.45, 2.75) is 64.5 Å². The van der Waals surface area contributed by atoms with Crippen molar-refractivity contribution in [3.8, 4) is 11.5 Å². The molecule has 2 heterocycles. The average Bonchev–Trinajstić information content (AvgIpc) is 2.85. The zero-order valence-corrected chi connectivity index (χ0v) is 22.5. The van der Waals surface area contributed by atoms with Gasteiger partial charge in [0.2, 0.25) is 11.8 Å². The average molecular weight is 546 g/mol. The van der Waals surface area contributed by atoms with Gasteiger partial charge in [0.1, 0.15) is 42.0 Å². The highest BCUT2D eigenvalue weighted by molar-refractivity contribution is 7.93. The van der Waals surface area contributed by atoms with E-state index < -0.39 is 17.8 Å². The number of esters is 1. The summed E-state index contributed by atoms with van der Waals surface area (Å²) in [4.78, 5) is 38.7. The second-order valence-corrected chi connectivity index (χ2v) is 9.93. The Morgan fingerprint density at radius 1 is 1.18 bits per heavy atom. The minimum Gasteiger partial charge on any atom is -0.508 e. The fourth-order valence-corrected chi connectivity index (χ4v) is 4.70. The standard InChI is InChI=1S/C27H35N3O7S/c1-18-8-6-9-21(28-19(2)31)10-7-11-22(29-38-36-17-25(34)30-12-4-3-5-13-30)14-20-15-23(32)16-24(33)26(20)27(35)37-18/h6-7,9,11,15-16,18,21,32-33H,3-5,8,10,12-14,17H2,1-2H3,(H,28,31)/b9-6+,11-7+,29-22?/t18-,21+/m1/s1. The predicted octanol–water partition coefficient (Wildman–Crippen LogP) is 3.63. The molecule has 3 N–H and O–H groups in total. The van der Waals surface area contributed by atoms with Crippen molar-refractivity contribution in [2.75, 3.05) is 19.7 Å².